The van der Waals surface area contributed by atoms with Gasteiger partial charge in [0.1, 0.15) is 5.82 Å². The van der Waals surface area contributed by atoms with Gasteiger partial charge in [-0.05, 0) is 19.8 Å². The number of ether oxygens (including phenoxy) is 1. The molecule has 2 amide bonds. The lowest BCUT2D eigenvalue weighted by molar-refractivity contribution is -0.136. The molecule has 2 rings (SSSR count). The predicted molar refractivity (Wildman–Crippen MR) is 81.3 cm³/mol. The van der Waals surface area contributed by atoms with Crippen LogP contribution in [0.3, 0.4) is 0 Å². The Bertz CT molecular complexity index is 579. The maximum absolute atomic E-state index is 12.8. The lowest BCUT2D eigenvalue weighted by atomic mass is 9.97. The van der Waals surface area contributed by atoms with Gasteiger partial charge in [0.15, 0.2) is 0 Å². The van der Waals surface area contributed by atoms with Gasteiger partial charge in [-0.3, -0.25) is 9.36 Å². The van der Waals surface area contributed by atoms with Crippen LogP contribution in [0.15, 0.2) is 12.4 Å². The minimum atomic E-state index is -2.69. The van der Waals surface area contributed by atoms with Gasteiger partial charge in [0.25, 0.3) is 0 Å². The lowest BCUT2D eigenvalue weighted by Crippen LogP contribution is -2.46. The molecule has 1 atom stereocenters. The van der Waals surface area contributed by atoms with E-state index in [1.165, 1.54) is 22.2 Å². The number of carbonyl (C=O) groups excluding carboxylic acids is 2. The highest BCUT2D eigenvalue weighted by Gasteiger charge is 2.31. The van der Waals surface area contributed by atoms with Crippen molar-refractivity contribution < 1.29 is 23.1 Å². The van der Waals surface area contributed by atoms with Gasteiger partial charge < -0.3 is 14.5 Å². The van der Waals surface area contributed by atoms with Crippen molar-refractivity contribution in [2.45, 2.75) is 32.9 Å². The average molecular weight is 344 g/mol. The van der Waals surface area contributed by atoms with Crippen LogP contribution in [0.2, 0.25) is 0 Å². The standard InChI is InChI=1S/C15H22F2N4O3/c1-3-24-15(23)20-7-4-5-11(9-20)13(22)19(2)10-12-18-6-8-21(12)14(16)17/h6,8,11,14H,3-5,7,9-10H2,1-2H3. The molecule has 2 heterocycles. The Balaban J connectivity index is 1.97. The fourth-order valence-corrected chi connectivity index (χ4v) is 2.81. The van der Waals surface area contributed by atoms with Crippen molar-refractivity contribution in [2.24, 2.45) is 5.92 Å². The monoisotopic (exact) mass is 344 g/mol. The Labute approximate surface area is 139 Å². The average Bonchev–Trinajstić information content (AvgIpc) is 3.02. The summed E-state index contributed by atoms with van der Waals surface area (Å²) in [6.07, 6.45) is 3.40. The van der Waals surface area contributed by atoms with E-state index in [9.17, 15) is 18.4 Å². The molecule has 7 nitrogen and oxygen atoms in total. The van der Waals surface area contributed by atoms with Gasteiger partial charge in [-0.2, -0.15) is 8.78 Å². The van der Waals surface area contributed by atoms with E-state index < -0.39 is 12.6 Å². The van der Waals surface area contributed by atoms with E-state index in [1.54, 1.807) is 14.0 Å². The second-order valence-corrected chi connectivity index (χ2v) is 5.71. The number of piperidine rings is 1. The van der Waals surface area contributed by atoms with Crippen LogP contribution in [-0.4, -0.2) is 58.1 Å². The number of hydrogen-bond donors (Lipinski definition) is 0. The zero-order valence-electron chi connectivity index (χ0n) is 13.8. The van der Waals surface area contributed by atoms with E-state index in [0.717, 1.165) is 4.57 Å². The van der Waals surface area contributed by atoms with Gasteiger partial charge >= 0.3 is 12.6 Å². The summed E-state index contributed by atoms with van der Waals surface area (Å²) in [6.45, 7) is 0.146. The number of likely N-dealkylation sites (tertiary alicyclic amines) is 1. The molecule has 24 heavy (non-hydrogen) atoms. The van der Waals surface area contributed by atoms with Gasteiger partial charge in [0.2, 0.25) is 5.91 Å². The van der Waals surface area contributed by atoms with Gasteiger partial charge in [0, 0.05) is 32.5 Å². The summed E-state index contributed by atoms with van der Waals surface area (Å²) in [4.78, 5) is 31.1. The van der Waals surface area contributed by atoms with Crippen molar-refractivity contribution in [3.63, 3.8) is 0 Å². The fraction of sp³-hybridized carbons (Fsp3) is 0.667. The van der Waals surface area contributed by atoms with Gasteiger partial charge in [-0.1, -0.05) is 0 Å². The molecule has 9 heteroatoms. The van der Waals surface area contributed by atoms with Crippen molar-refractivity contribution >= 4 is 12.0 Å². The number of halogens is 2. The van der Waals surface area contributed by atoms with Crippen molar-refractivity contribution in [2.75, 3.05) is 26.7 Å². The molecular weight excluding hydrogens is 322 g/mol. The number of imidazole rings is 1. The number of nitrogens with zero attached hydrogens (tertiary/aromatic N) is 4. The minimum absolute atomic E-state index is 0.00786. The molecule has 1 aromatic heterocycles. The molecule has 1 unspecified atom stereocenters. The quantitative estimate of drug-likeness (QED) is 0.820. The summed E-state index contributed by atoms with van der Waals surface area (Å²) in [5.41, 5.74) is 0. The maximum atomic E-state index is 12.8. The first-order chi connectivity index (χ1) is 11.4. The van der Waals surface area contributed by atoms with Crippen LogP contribution in [0, 0.1) is 5.92 Å². The molecule has 134 valence electrons. The van der Waals surface area contributed by atoms with E-state index in [1.807, 2.05) is 0 Å². The maximum Gasteiger partial charge on any atom is 0.409 e. The first kappa shape index (κ1) is 18.2. The fourth-order valence-electron chi connectivity index (χ4n) is 2.81. The molecular formula is C15H22F2N4O3. The number of hydrogen-bond acceptors (Lipinski definition) is 4. The molecule has 1 fully saturated rings. The number of rotatable bonds is 5. The van der Waals surface area contributed by atoms with Gasteiger partial charge in [-0.15, -0.1) is 0 Å². The van der Waals surface area contributed by atoms with E-state index in [0.29, 0.717) is 19.4 Å². The molecule has 1 aliphatic heterocycles. The second kappa shape index (κ2) is 8.07. The molecule has 0 bridgehead atoms. The summed E-state index contributed by atoms with van der Waals surface area (Å²) in [6, 6.07) is 0. The van der Waals surface area contributed by atoms with Crippen molar-refractivity contribution in [3.05, 3.63) is 18.2 Å². The van der Waals surface area contributed by atoms with Crippen molar-refractivity contribution in [1.82, 2.24) is 19.4 Å². The highest BCUT2D eigenvalue weighted by Crippen LogP contribution is 2.20. The summed E-state index contributed by atoms with van der Waals surface area (Å²) >= 11 is 0. The third kappa shape index (κ3) is 4.21. The molecule has 0 N–H and O–H groups in total. The Morgan fingerprint density at radius 1 is 1.50 bits per heavy atom. The lowest BCUT2D eigenvalue weighted by Gasteiger charge is -2.33. The zero-order chi connectivity index (χ0) is 17.7. The van der Waals surface area contributed by atoms with Crippen LogP contribution < -0.4 is 0 Å². The van der Waals surface area contributed by atoms with Crippen molar-refractivity contribution in [1.29, 1.82) is 0 Å². The molecule has 1 aromatic rings. The number of carbonyl (C=O) groups is 2. The van der Waals surface area contributed by atoms with Crippen LogP contribution in [0.25, 0.3) is 0 Å². The highest BCUT2D eigenvalue weighted by atomic mass is 19.3. The van der Waals surface area contributed by atoms with E-state index in [-0.39, 0.29) is 37.3 Å². The summed E-state index contributed by atoms with van der Waals surface area (Å²) in [5.74, 6) is -0.421. The topological polar surface area (TPSA) is 67.7 Å². The van der Waals surface area contributed by atoms with Crippen LogP contribution in [0.1, 0.15) is 32.1 Å². The third-order valence-electron chi connectivity index (χ3n) is 4.01. The van der Waals surface area contributed by atoms with Gasteiger partial charge in [-0.25, -0.2) is 9.78 Å². The molecule has 0 spiro atoms. The normalized spacial score (nSPS) is 17.9. The van der Waals surface area contributed by atoms with Crippen LogP contribution in [0.5, 0.6) is 0 Å². The van der Waals surface area contributed by atoms with E-state index in [4.69, 9.17) is 4.74 Å². The Kier molecular flexibility index (Phi) is 6.10. The Morgan fingerprint density at radius 3 is 2.92 bits per heavy atom. The van der Waals surface area contributed by atoms with E-state index >= 15 is 0 Å². The predicted octanol–water partition coefficient (Wildman–Crippen LogP) is 2.11. The smallest absolute Gasteiger partial charge is 0.409 e. The largest absolute Gasteiger partial charge is 0.450 e. The summed E-state index contributed by atoms with van der Waals surface area (Å²) < 4.78 is 31.4. The molecule has 1 aliphatic rings. The third-order valence-corrected chi connectivity index (χ3v) is 4.01. The SMILES string of the molecule is CCOC(=O)N1CCCC(C(=O)N(C)Cc2nccn2C(F)F)C1. The summed E-state index contributed by atoms with van der Waals surface area (Å²) in [5, 5.41) is 0. The Morgan fingerprint density at radius 2 is 2.25 bits per heavy atom. The van der Waals surface area contributed by atoms with Crippen LogP contribution >= 0.6 is 0 Å². The molecule has 0 aromatic carbocycles. The Hall–Kier alpha value is -2.19. The summed E-state index contributed by atoms with van der Waals surface area (Å²) in [7, 11) is 1.55. The zero-order valence-corrected chi connectivity index (χ0v) is 13.8. The van der Waals surface area contributed by atoms with Crippen LogP contribution in [-0.2, 0) is 16.1 Å². The van der Waals surface area contributed by atoms with Crippen LogP contribution in [0.4, 0.5) is 13.6 Å². The molecule has 0 radical (unpaired) electrons. The number of aromatic nitrogens is 2. The van der Waals surface area contributed by atoms with E-state index in [2.05, 4.69) is 4.98 Å². The number of alkyl halides is 2. The van der Waals surface area contributed by atoms with Crippen molar-refractivity contribution in [3.8, 4) is 0 Å². The second-order valence-electron chi connectivity index (χ2n) is 5.71. The molecule has 0 saturated carbocycles. The first-order valence-corrected chi connectivity index (χ1v) is 7.90. The molecule has 1 saturated heterocycles. The molecule has 0 aliphatic carbocycles. The highest BCUT2D eigenvalue weighted by molar-refractivity contribution is 5.79. The van der Waals surface area contributed by atoms with Gasteiger partial charge in [0.05, 0.1) is 19.1 Å². The minimum Gasteiger partial charge on any atom is -0.450 e. The first-order valence-electron chi connectivity index (χ1n) is 7.90. The number of amides is 2.